The van der Waals surface area contributed by atoms with Crippen LogP contribution in [0.1, 0.15) is 16.7 Å². The van der Waals surface area contributed by atoms with Gasteiger partial charge in [-0.1, -0.05) is 41.4 Å². The van der Waals surface area contributed by atoms with Gasteiger partial charge in [-0.2, -0.15) is 0 Å². The standard InChI is InChI=1S/C20H23ClN2O2S/c1-13-9-14(2)20(15(3)10-13)22-18(24)11-23(4)19(25)12-26-17-8-6-5-7-16(17)21/h5-10H,11-12H2,1-4H3,(H,22,24). The number of hydrogen-bond donors (Lipinski definition) is 1. The molecule has 0 bridgehead atoms. The number of halogens is 1. The average Bonchev–Trinajstić information content (AvgIpc) is 2.57. The normalized spacial score (nSPS) is 10.5. The van der Waals surface area contributed by atoms with Crippen molar-refractivity contribution in [2.24, 2.45) is 0 Å². The Labute approximate surface area is 163 Å². The summed E-state index contributed by atoms with van der Waals surface area (Å²) in [7, 11) is 1.63. The number of likely N-dealkylation sites (N-methyl/N-ethyl adjacent to an activating group) is 1. The van der Waals surface area contributed by atoms with E-state index >= 15 is 0 Å². The first-order valence-corrected chi connectivity index (χ1v) is 9.63. The molecule has 138 valence electrons. The number of benzene rings is 2. The number of amides is 2. The summed E-state index contributed by atoms with van der Waals surface area (Å²) in [6.45, 7) is 5.96. The van der Waals surface area contributed by atoms with Gasteiger partial charge in [-0.3, -0.25) is 9.59 Å². The van der Waals surface area contributed by atoms with E-state index in [-0.39, 0.29) is 24.1 Å². The number of carbonyl (C=O) groups excluding carboxylic acids is 2. The minimum atomic E-state index is -0.210. The number of nitrogens with one attached hydrogen (secondary N) is 1. The van der Waals surface area contributed by atoms with Crippen LogP contribution in [-0.2, 0) is 9.59 Å². The largest absolute Gasteiger partial charge is 0.336 e. The van der Waals surface area contributed by atoms with Gasteiger partial charge in [0.25, 0.3) is 0 Å². The molecule has 0 aliphatic heterocycles. The van der Waals surface area contributed by atoms with Crippen LogP contribution in [0.2, 0.25) is 5.02 Å². The minimum absolute atomic E-state index is 0.00860. The van der Waals surface area contributed by atoms with Crippen LogP contribution in [-0.4, -0.2) is 36.1 Å². The topological polar surface area (TPSA) is 49.4 Å². The van der Waals surface area contributed by atoms with E-state index in [1.54, 1.807) is 13.1 Å². The Hall–Kier alpha value is -1.98. The first-order valence-electron chi connectivity index (χ1n) is 8.27. The van der Waals surface area contributed by atoms with Gasteiger partial charge in [0.05, 0.1) is 17.3 Å². The van der Waals surface area contributed by atoms with Gasteiger partial charge in [-0.15, -0.1) is 11.8 Å². The fourth-order valence-corrected chi connectivity index (χ4v) is 3.85. The van der Waals surface area contributed by atoms with Crippen molar-refractivity contribution >= 4 is 40.9 Å². The summed E-state index contributed by atoms with van der Waals surface area (Å²) in [4.78, 5) is 26.9. The second-order valence-corrected chi connectivity index (χ2v) is 7.72. The Morgan fingerprint density at radius 3 is 2.35 bits per heavy atom. The first-order chi connectivity index (χ1) is 12.3. The maximum absolute atomic E-state index is 12.3. The summed E-state index contributed by atoms with van der Waals surface area (Å²) in [6, 6.07) is 11.4. The van der Waals surface area contributed by atoms with E-state index in [4.69, 9.17) is 11.6 Å². The highest BCUT2D eigenvalue weighted by Crippen LogP contribution is 2.26. The Morgan fingerprint density at radius 2 is 1.73 bits per heavy atom. The van der Waals surface area contributed by atoms with Crippen molar-refractivity contribution in [3.05, 3.63) is 58.1 Å². The van der Waals surface area contributed by atoms with Crippen molar-refractivity contribution in [2.45, 2.75) is 25.7 Å². The molecule has 0 saturated heterocycles. The monoisotopic (exact) mass is 390 g/mol. The van der Waals surface area contributed by atoms with Crippen LogP contribution >= 0.6 is 23.4 Å². The summed E-state index contributed by atoms with van der Waals surface area (Å²) in [5.74, 6) is -0.100. The number of aryl methyl sites for hydroxylation is 3. The van der Waals surface area contributed by atoms with Gasteiger partial charge in [0.15, 0.2) is 0 Å². The van der Waals surface area contributed by atoms with E-state index in [2.05, 4.69) is 5.32 Å². The van der Waals surface area contributed by atoms with Gasteiger partial charge in [-0.25, -0.2) is 0 Å². The molecule has 6 heteroatoms. The van der Waals surface area contributed by atoms with E-state index < -0.39 is 0 Å². The van der Waals surface area contributed by atoms with E-state index in [1.807, 2.05) is 51.1 Å². The van der Waals surface area contributed by atoms with Gasteiger partial charge in [0.1, 0.15) is 0 Å². The van der Waals surface area contributed by atoms with Gasteiger partial charge >= 0.3 is 0 Å². The zero-order valence-electron chi connectivity index (χ0n) is 15.4. The summed E-state index contributed by atoms with van der Waals surface area (Å²) < 4.78 is 0. The number of carbonyl (C=O) groups is 2. The Balaban J connectivity index is 1.90. The minimum Gasteiger partial charge on any atom is -0.336 e. The summed E-state index contributed by atoms with van der Waals surface area (Å²) >= 11 is 7.46. The lowest BCUT2D eigenvalue weighted by Gasteiger charge is -2.18. The smallest absolute Gasteiger partial charge is 0.243 e. The second-order valence-electron chi connectivity index (χ2n) is 6.29. The molecule has 26 heavy (non-hydrogen) atoms. The van der Waals surface area contributed by atoms with Crippen molar-refractivity contribution in [1.82, 2.24) is 4.90 Å². The molecule has 0 aliphatic rings. The number of rotatable bonds is 6. The summed E-state index contributed by atoms with van der Waals surface area (Å²) in [5.41, 5.74) is 3.99. The second kappa shape index (κ2) is 9.10. The third-order valence-electron chi connectivity index (χ3n) is 3.94. The van der Waals surface area contributed by atoms with Crippen molar-refractivity contribution in [2.75, 3.05) is 24.7 Å². The van der Waals surface area contributed by atoms with Gasteiger partial charge in [-0.05, 0) is 44.0 Å². The SMILES string of the molecule is Cc1cc(C)c(NC(=O)CN(C)C(=O)CSc2ccccc2Cl)c(C)c1. The van der Waals surface area contributed by atoms with Crippen LogP contribution in [0.4, 0.5) is 5.69 Å². The first kappa shape index (κ1) is 20.3. The van der Waals surface area contributed by atoms with Gasteiger partial charge < -0.3 is 10.2 Å². The van der Waals surface area contributed by atoms with Crippen LogP contribution in [0.3, 0.4) is 0 Å². The zero-order chi connectivity index (χ0) is 19.3. The number of anilines is 1. The predicted octanol–water partition coefficient (Wildman–Crippen LogP) is 4.45. The molecule has 2 aromatic carbocycles. The molecule has 1 N–H and O–H groups in total. The lowest BCUT2D eigenvalue weighted by atomic mass is 10.1. The van der Waals surface area contributed by atoms with Crippen LogP contribution in [0.15, 0.2) is 41.3 Å². The molecular weight excluding hydrogens is 368 g/mol. The molecule has 0 atom stereocenters. The molecule has 0 unspecified atom stereocenters. The van der Waals surface area contributed by atoms with Crippen LogP contribution < -0.4 is 5.32 Å². The van der Waals surface area contributed by atoms with Gasteiger partial charge in [0.2, 0.25) is 11.8 Å². The third kappa shape index (κ3) is 5.51. The molecule has 4 nitrogen and oxygen atoms in total. The molecule has 0 radical (unpaired) electrons. The Bertz CT molecular complexity index is 800. The maximum atomic E-state index is 12.3. The third-order valence-corrected chi connectivity index (χ3v) is 5.44. The number of nitrogens with zero attached hydrogens (tertiary/aromatic N) is 1. The average molecular weight is 391 g/mol. The fourth-order valence-electron chi connectivity index (χ4n) is 2.67. The highest BCUT2D eigenvalue weighted by molar-refractivity contribution is 8.00. The highest BCUT2D eigenvalue weighted by atomic mass is 35.5. The lowest BCUT2D eigenvalue weighted by molar-refractivity contribution is -0.131. The molecule has 0 fully saturated rings. The molecule has 2 rings (SSSR count). The molecule has 2 aromatic rings. The number of thioether (sulfide) groups is 1. The van der Waals surface area contributed by atoms with Crippen LogP contribution in [0, 0.1) is 20.8 Å². The molecule has 0 heterocycles. The quantitative estimate of drug-likeness (QED) is 0.741. The maximum Gasteiger partial charge on any atom is 0.243 e. The fraction of sp³-hybridized carbons (Fsp3) is 0.300. The highest BCUT2D eigenvalue weighted by Gasteiger charge is 2.15. The van der Waals surface area contributed by atoms with E-state index in [0.29, 0.717) is 5.02 Å². The Morgan fingerprint density at radius 1 is 1.12 bits per heavy atom. The lowest BCUT2D eigenvalue weighted by Crippen LogP contribution is -2.36. The van der Waals surface area contributed by atoms with Crippen molar-refractivity contribution in [3.63, 3.8) is 0 Å². The van der Waals surface area contributed by atoms with Crippen LogP contribution in [0.25, 0.3) is 0 Å². The van der Waals surface area contributed by atoms with Crippen molar-refractivity contribution in [3.8, 4) is 0 Å². The van der Waals surface area contributed by atoms with Gasteiger partial charge in [0, 0.05) is 17.6 Å². The Kier molecular flexibility index (Phi) is 7.12. The zero-order valence-corrected chi connectivity index (χ0v) is 17.0. The van der Waals surface area contributed by atoms with E-state index in [9.17, 15) is 9.59 Å². The molecule has 0 saturated carbocycles. The van der Waals surface area contributed by atoms with Crippen LogP contribution in [0.5, 0.6) is 0 Å². The van der Waals surface area contributed by atoms with E-state index in [0.717, 1.165) is 27.3 Å². The molecule has 0 aliphatic carbocycles. The molecule has 0 spiro atoms. The molecular formula is C20H23ClN2O2S. The number of hydrogen-bond acceptors (Lipinski definition) is 3. The molecule has 0 aromatic heterocycles. The predicted molar refractivity (Wildman–Crippen MR) is 109 cm³/mol. The van der Waals surface area contributed by atoms with Crippen molar-refractivity contribution in [1.29, 1.82) is 0 Å². The van der Waals surface area contributed by atoms with E-state index in [1.165, 1.54) is 16.7 Å². The summed E-state index contributed by atoms with van der Waals surface area (Å²) in [5, 5.41) is 3.53. The van der Waals surface area contributed by atoms with Crippen molar-refractivity contribution < 1.29 is 9.59 Å². The summed E-state index contributed by atoms with van der Waals surface area (Å²) in [6.07, 6.45) is 0. The molecule has 2 amide bonds.